The minimum atomic E-state index is -3.61. The van der Waals surface area contributed by atoms with Crippen molar-refractivity contribution in [1.29, 1.82) is 0 Å². The molecule has 8 heteroatoms. The summed E-state index contributed by atoms with van der Waals surface area (Å²) < 4.78 is 26.5. The number of para-hydroxylation sites is 1. The molecule has 106 valence electrons. The van der Waals surface area contributed by atoms with Crippen molar-refractivity contribution in [3.8, 4) is 5.75 Å². The standard InChI is InChI=1S/C12H12N2O5S/c13-20(17,18)6-5-14-7-9-11(15)8-3-1-2-4-10(8)19-12(9)16/h1-4,7,15H,5-6H2,(H2,13,17,18). The minimum Gasteiger partial charge on any atom is -0.506 e. The molecule has 0 atom stereocenters. The molecule has 2 aromatic rings. The van der Waals surface area contributed by atoms with E-state index < -0.39 is 15.6 Å². The van der Waals surface area contributed by atoms with Crippen LogP contribution in [0, 0.1) is 0 Å². The number of hydrogen-bond acceptors (Lipinski definition) is 6. The van der Waals surface area contributed by atoms with Crippen molar-refractivity contribution < 1.29 is 17.9 Å². The zero-order valence-corrected chi connectivity index (χ0v) is 11.1. The largest absolute Gasteiger partial charge is 0.506 e. The second-order valence-electron chi connectivity index (χ2n) is 4.05. The van der Waals surface area contributed by atoms with E-state index in [0.717, 1.165) is 6.21 Å². The van der Waals surface area contributed by atoms with Crippen LogP contribution in [0.5, 0.6) is 5.75 Å². The normalized spacial score (nSPS) is 12.2. The molecule has 20 heavy (non-hydrogen) atoms. The van der Waals surface area contributed by atoms with Gasteiger partial charge in [-0.1, -0.05) is 12.1 Å². The Morgan fingerprint density at radius 2 is 2.05 bits per heavy atom. The lowest BCUT2D eigenvalue weighted by atomic mass is 10.1. The number of nitrogens with two attached hydrogens (primary N) is 1. The van der Waals surface area contributed by atoms with Crippen LogP contribution in [0.1, 0.15) is 5.56 Å². The third kappa shape index (κ3) is 3.22. The Kier molecular flexibility index (Phi) is 3.86. The molecule has 2 rings (SSSR count). The molecule has 0 saturated carbocycles. The van der Waals surface area contributed by atoms with Gasteiger partial charge >= 0.3 is 5.63 Å². The summed E-state index contributed by atoms with van der Waals surface area (Å²) in [5.41, 5.74) is -0.615. The summed E-state index contributed by atoms with van der Waals surface area (Å²) in [6, 6.07) is 6.50. The van der Waals surface area contributed by atoms with Gasteiger partial charge in [-0.2, -0.15) is 0 Å². The second kappa shape index (κ2) is 5.43. The fourth-order valence-electron chi connectivity index (χ4n) is 1.60. The summed E-state index contributed by atoms with van der Waals surface area (Å²) in [5, 5.41) is 15.2. The van der Waals surface area contributed by atoms with Crippen molar-refractivity contribution >= 4 is 27.2 Å². The minimum absolute atomic E-state index is 0.107. The van der Waals surface area contributed by atoms with Crippen molar-refractivity contribution in [3.05, 3.63) is 40.2 Å². The maximum atomic E-state index is 11.7. The van der Waals surface area contributed by atoms with E-state index in [-0.39, 0.29) is 29.2 Å². The van der Waals surface area contributed by atoms with Crippen molar-refractivity contribution in [3.63, 3.8) is 0 Å². The van der Waals surface area contributed by atoms with Gasteiger partial charge in [0.05, 0.1) is 17.7 Å². The van der Waals surface area contributed by atoms with Crippen LogP contribution in [0.2, 0.25) is 0 Å². The van der Waals surface area contributed by atoms with Crippen LogP contribution < -0.4 is 10.8 Å². The Hall–Kier alpha value is -2.19. The average molecular weight is 296 g/mol. The van der Waals surface area contributed by atoms with Gasteiger partial charge in [-0.3, -0.25) is 4.99 Å². The predicted octanol–water partition coefficient (Wildman–Crippen LogP) is 0.206. The molecule has 0 spiro atoms. The Labute approximate surface area is 114 Å². The first-order valence-corrected chi connectivity index (χ1v) is 7.35. The van der Waals surface area contributed by atoms with Crippen LogP contribution in [-0.4, -0.2) is 32.0 Å². The highest BCUT2D eigenvalue weighted by molar-refractivity contribution is 7.89. The summed E-state index contributed by atoms with van der Waals surface area (Å²) in [4.78, 5) is 15.4. The van der Waals surface area contributed by atoms with Gasteiger partial charge in [0.15, 0.2) is 0 Å². The van der Waals surface area contributed by atoms with Crippen LogP contribution in [0.25, 0.3) is 11.0 Å². The molecule has 0 saturated heterocycles. The molecule has 3 N–H and O–H groups in total. The molecule has 0 fully saturated rings. The fraction of sp³-hybridized carbons (Fsp3) is 0.167. The number of primary sulfonamides is 1. The Morgan fingerprint density at radius 1 is 1.35 bits per heavy atom. The molecule has 1 aromatic heterocycles. The van der Waals surface area contributed by atoms with Crippen molar-refractivity contribution in [2.45, 2.75) is 0 Å². The Morgan fingerprint density at radius 3 is 2.75 bits per heavy atom. The number of nitrogens with zero attached hydrogens (tertiary/aromatic N) is 1. The SMILES string of the molecule is NS(=O)(=O)CCN=Cc1c(O)c2ccccc2oc1=O. The molecule has 0 bridgehead atoms. The predicted molar refractivity (Wildman–Crippen MR) is 74.6 cm³/mol. The van der Waals surface area contributed by atoms with Crippen molar-refractivity contribution in [1.82, 2.24) is 0 Å². The van der Waals surface area contributed by atoms with Gasteiger partial charge in [0.1, 0.15) is 16.9 Å². The van der Waals surface area contributed by atoms with E-state index in [1.165, 1.54) is 0 Å². The van der Waals surface area contributed by atoms with E-state index in [1.807, 2.05) is 0 Å². The molecule has 7 nitrogen and oxygen atoms in total. The first kappa shape index (κ1) is 14.2. The highest BCUT2D eigenvalue weighted by Gasteiger charge is 2.11. The number of hydrogen-bond donors (Lipinski definition) is 2. The number of aliphatic imine (C=N–C) groups is 1. The van der Waals surface area contributed by atoms with Gasteiger partial charge in [0, 0.05) is 6.21 Å². The van der Waals surface area contributed by atoms with E-state index in [4.69, 9.17) is 9.56 Å². The number of sulfonamides is 1. The molecule has 0 aliphatic heterocycles. The third-order valence-electron chi connectivity index (χ3n) is 2.55. The molecular weight excluding hydrogens is 284 g/mol. The Bertz CT molecular complexity index is 823. The van der Waals surface area contributed by atoms with Crippen LogP contribution in [-0.2, 0) is 10.0 Å². The second-order valence-corrected chi connectivity index (χ2v) is 5.78. The molecule has 0 radical (unpaired) electrons. The topological polar surface area (TPSA) is 123 Å². The number of rotatable bonds is 4. The van der Waals surface area contributed by atoms with Gasteiger partial charge in [0.2, 0.25) is 10.0 Å². The molecule has 0 aliphatic carbocycles. The monoisotopic (exact) mass is 296 g/mol. The third-order valence-corrected chi connectivity index (χ3v) is 3.30. The number of aromatic hydroxyl groups is 1. The maximum absolute atomic E-state index is 11.7. The zero-order chi connectivity index (χ0) is 14.8. The molecule has 0 amide bonds. The summed E-state index contributed by atoms with van der Waals surface area (Å²) in [6.07, 6.45) is 1.08. The van der Waals surface area contributed by atoms with Gasteiger partial charge in [0.25, 0.3) is 0 Å². The van der Waals surface area contributed by atoms with E-state index >= 15 is 0 Å². The van der Waals surface area contributed by atoms with E-state index in [0.29, 0.717) is 5.39 Å². The molecule has 1 heterocycles. The van der Waals surface area contributed by atoms with Crippen LogP contribution in [0.15, 0.2) is 38.5 Å². The lowest BCUT2D eigenvalue weighted by Gasteiger charge is -2.02. The summed E-state index contributed by atoms with van der Waals surface area (Å²) >= 11 is 0. The fourth-order valence-corrected chi connectivity index (χ4v) is 1.96. The lowest BCUT2D eigenvalue weighted by Crippen LogP contribution is -2.18. The quantitative estimate of drug-likeness (QED) is 0.616. The number of benzene rings is 1. The van der Waals surface area contributed by atoms with Crippen molar-refractivity contribution in [2.75, 3.05) is 12.3 Å². The van der Waals surface area contributed by atoms with Gasteiger partial charge in [-0.25, -0.2) is 18.4 Å². The molecule has 1 aromatic carbocycles. The summed E-state index contributed by atoms with van der Waals surface area (Å²) in [7, 11) is -3.61. The van der Waals surface area contributed by atoms with Gasteiger partial charge in [-0.15, -0.1) is 0 Å². The van der Waals surface area contributed by atoms with Crippen LogP contribution >= 0.6 is 0 Å². The first-order valence-electron chi connectivity index (χ1n) is 5.63. The molecule has 0 aliphatic rings. The zero-order valence-electron chi connectivity index (χ0n) is 10.3. The highest BCUT2D eigenvalue weighted by Crippen LogP contribution is 2.24. The molecular formula is C12H12N2O5S. The van der Waals surface area contributed by atoms with E-state index in [2.05, 4.69) is 4.99 Å². The smallest absolute Gasteiger partial charge is 0.348 e. The van der Waals surface area contributed by atoms with Gasteiger partial charge < -0.3 is 9.52 Å². The van der Waals surface area contributed by atoms with Crippen LogP contribution in [0.3, 0.4) is 0 Å². The highest BCUT2D eigenvalue weighted by atomic mass is 32.2. The number of fused-ring (bicyclic) bond motifs is 1. The Balaban J connectivity index is 2.35. The summed E-state index contributed by atoms with van der Waals surface area (Å²) in [5.74, 6) is -0.598. The first-order chi connectivity index (χ1) is 9.38. The van der Waals surface area contributed by atoms with E-state index in [1.54, 1.807) is 24.3 Å². The summed E-state index contributed by atoms with van der Waals surface area (Å²) in [6.45, 7) is -0.107. The van der Waals surface area contributed by atoms with Crippen molar-refractivity contribution in [2.24, 2.45) is 10.1 Å². The maximum Gasteiger partial charge on any atom is 0.348 e. The molecule has 0 unspecified atom stereocenters. The lowest BCUT2D eigenvalue weighted by molar-refractivity contribution is 0.466. The average Bonchev–Trinajstić information content (AvgIpc) is 2.36. The van der Waals surface area contributed by atoms with E-state index in [9.17, 15) is 18.3 Å². The van der Waals surface area contributed by atoms with Gasteiger partial charge in [-0.05, 0) is 12.1 Å². The van der Waals surface area contributed by atoms with Crippen LogP contribution in [0.4, 0.5) is 0 Å².